The summed E-state index contributed by atoms with van der Waals surface area (Å²) < 4.78 is 5.63. The van der Waals surface area contributed by atoms with E-state index in [-0.39, 0.29) is 16.9 Å². The van der Waals surface area contributed by atoms with Crippen LogP contribution in [0.2, 0.25) is 0 Å². The summed E-state index contributed by atoms with van der Waals surface area (Å²) >= 11 is 2.78. The van der Waals surface area contributed by atoms with Gasteiger partial charge in [0.05, 0.1) is 10.1 Å². The van der Waals surface area contributed by atoms with Gasteiger partial charge in [-0.25, -0.2) is 0 Å². The van der Waals surface area contributed by atoms with Gasteiger partial charge in [-0.3, -0.25) is 9.59 Å². The van der Waals surface area contributed by atoms with Crippen LogP contribution in [-0.2, 0) is 11.2 Å². The largest absolute Gasteiger partial charge is 0.410 e. The first-order valence-electron chi connectivity index (χ1n) is 8.44. The number of amides is 1. The van der Waals surface area contributed by atoms with Crippen LogP contribution < -0.4 is 5.32 Å². The number of benzene rings is 1. The molecule has 0 spiro atoms. The second-order valence-corrected chi connectivity index (χ2v) is 8.14. The fraction of sp³-hybridized carbons (Fsp3) is 0.263. The average Bonchev–Trinajstić information content (AvgIpc) is 3.33. The molecule has 0 radical (unpaired) electrons. The van der Waals surface area contributed by atoms with Crippen molar-refractivity contribution in [1.29, 1.82) is 0 Å². The predicted molar refractivity (Wildman–Crippen MR) is 106 cm³/mol. The Balaban J connectivity index is 1.57. The lowest BCUT2D eigenvalue weighted by molar-refractivity contribution is -0.118. The van der Waals surface area contributed by atoms with E-state index < -0.39 is 0 Å². The van der Waals surface area contributed by atoms with Crippen molar-refractivity contribution >= 4 is 34.8 Å². The van der Waals surface area contributed by atoms with Crippen LogP contribution in [0, 0.1) is 0 Å². The van der Waals surface area contributed by atoms with Crippen LogP contribution in [0.5, 0.6) is 0 Å². The molecule has 0 saturated carbocycles. The highest BCUT2D eigenvalue weighted by molar-refractivity contribution is 8.00. The fourth-order valence-electron chi connectivity index (χ4n) is 2.42. The van der Waals surface area contributed by atoms with E-state index in [0.29, 0.717) is 23.2 Å². The van der Waals surface area contributed by atoms with Crippen molar-refractivity contribution in [2.45, 2.75) is 30.7 Å². The number of rotatable bonds is 8. The van der Waals surface area contributed by atoms with Gasteiger partial charge in [0.25, 0.3) is 11.1 Å². The smallest absolute Gasteiger partial charge is 0.277 e. The van der Waals surface area contributed by atoms with Crippen LogP contribution in [0.15, 0.2) is 51.4 Å². The van der Waals surface area contributed by atoms with Crippen LogP contribution in [0.3, 0.4) is 0 Å². The number of Topliss-reactive ketones (excluding diaryl/α,β-unsaturated/α-hetero) is 1. The number of thiophene rings is 1. The van der Waals surface area contributed by atoms with Crippen LogP contribution in [0.4, 0.5) is 0 Å². The van der Waals surface area contributed by atoms with Crippen LogP contribution in [0.25, 0.3) is 10.8 Å². The van der Waals surface area contributed by atoms with E-state index in [2.05, 4.69) is 15.5 Å². The molecule has 1 atom stereocenters. The van der Waals surface area contributed by atoms with Gasteiger partial charge < -0.3 is 9.73 Å². The minimum absolute atomic E-state index is 0.00397. The molecular formula is C19H19N3O3S2. The molecule has 27 heavy (non-hydrogen) atoms. The van der Waals surface area contributed by atoms with Gasteiger partial charge in [-0.1, -0.05) is 42.1 Å². The van der Waals surface area contributed by atoms with Crippen molar-refractivity contribution in [3.8, 4) is 10.8 Å². The van der Waals surface area contributed by atoms with E-state index in [1.54, 1.807) is 0 Å². The molecule has 140 valence electrons. The maximum atomic E-state index is 12.6. The van der Waals surface area contributed by atoms with Gasteiger partial charge in [-0.15, -0.1) is 21.5 Å². The molecule has 1 unspecified atom stereocenters. The van der Waals surface area contributed by atoms with Gasteiger partial charge in [0.2, 0.25) is 5.91 Å². The standard InChI is InChI=1S/C19H19N3O3S2/c1-12(27-19-22-21-18(25-19)16-4-3-11-26-16)17(24)15-7-5-14(6-8-15)9-10-20-13(2)23/h3-8,11-12H,9-10H2,1-2H3,(H,20,23). The summed E-state index contributed by atoms with van der Waals surface area (Å²) in [4.78, 5) is 24.4. The fourth-order valence-corrected chi connectivity index (χ4v) is 3.82. The molecule has 1 aromatic carbocycles. The molecular weight excluding hydrogens is 382 g/mol. The lowest BCUT2D eigenvalue weighted by Gasteiger charge is -2.08. The molecule has 2 aromatic heterocycles. The zero-order valence-electron chi connectivity index (χ0n) is 15.0. The molecule has 2 heterocycles. The van der Waals surface area contributed by atoms with Crippen molar-refractivity contribution < 1.29 is 14.0 Å². The normalized spacial score (nSPS) is 11.9. The molecule has 0 aliphatic carbocycles. The minimum Gasteiger partial charge on any atom is -0.410 e. The molecule has 0 saturated heterocycles. The van der Waals surface area contributed by atoms with Crippen molar-refractivity contribution in [2.24, 2.45) is 0 Å². The third kappa shape index (κ3) is 5.27. The number of carbonyl (C=O) groups excluding carboxylic acids is 2. The van der Waals surface area contributed by atoms with E-state index in [9.17, 15) is 9.59 Å². The first-order valence-corrected chi connectivity index (χ1v) is 10.2. The first-order chi connectivity index (χ1) is 13.0. The highest BCUT2D eigenvalue weighted by atomic mass is 32.2. The molecule has 3 rings (SSSR count). The third-order valence-electron chi connectivity index (χ3n) is 3.81. The van der Waals surface area contributed by atoms with Crippen LogP contribution in [-0.4, -0.2) is 33.7 Å². The second kappa shape index (κ2) is 8.96. The van der Waals surface area contributed by atoms with E-state index in [1.807, 2.05) is 48.7 Å². The Kier molecular flexibility index (Phi) is 6.41. The lowest BCUT2D eigenvalue weighted by Crippen LogP contribution is -2.22. The lowest BCUT2D eigenvalue weighted by atomic mass is 10.0. The quantitative estimate of drug-likeness (QED) is 0.456. The number of carbonyl (C=O) groups is 2. The van der Waals surface area contributed by atoms with Gasteiger partial charge in [0, 0.05) is 19.0 Å². The monoisotopic (exact) mass is 401 g/mol. The highest BCUT2D eigenvalue weighted by Crippen LogP contribution is 2.29. The van der Waals surface area contributed by atoms with Crippen molar-refractivity contribution in [1.82, 2.24) is 15.5 Å². The topological polar surface area (TPSA) is 85.1 Å². The Labute approximate surface area is 165 Å². The van der Waals surface area contributed by atoms with Gasteiger partial charge in [-0.2, -0.15) is 0 Å². The predicted octanol–water partition coefficient (Wildman–Crippen LogP) is 3.84. The summed E-state index contributed by atoms with van der Waals surface area (Å²) in [5.74, 6) is 0.427. The highest BCUT2D eigenvalue weighted by Gasteiger charge is 2.20. The Bertz CT molecular complexity index is 905. The van der Waals surface area contributed by atoms with Crippen molar-refractivity contribution in [2.75, 3.05) is 6.54 Å². The number of ketones is 1. The number of hydrogen-bond donors (Lipinski definition) is 1. The number of nitrogens with one attached hydrogen (secondary N) is 1. The number of aromatic nitrogens is 2. The molecule has 0 aliphatic heterocycles. The molecule has 8 heteroatoms. The summed E-state index contributed by atoms with van der Waals surface area (Å²) in [7, 11) is 0. The second-order valence-electron chi connectivity index (χ2n) is 5.90. The van der Waals surface area contributed by atoms with E-state index in [0.717, 1.165) is 16.9 Å². The Morgan fingerprint density at radius 1 is 1.22 bits per heavy atom. The molecule has 0 bridgehead atoms. The van der Waals surface area contributed by atoms with Crippen molar-refractivity contribution in [3.05, 3.63) is 52.9 Å². The zero-order chi connectivity index (χ0) is 19.2. The van der Waals surface area contributed by atoms with E-state index >= 15 is 0 Å². The Morgan fingerprint density at radius 3 is 2.67 bits per heavy atom. The maximum absolute atomic E-state index is 12.6. The van der Waals surface area contributed by atoms with Gasteiger partial charge >= 0.3 is 0 Å². The van der Waals surface area contributed by atoms with Crippen LogP contribution in [0.1, 0.15) is 29.8 Å². The molecule has 6 nitrogen and oxygen atoms in total. The van der Waals surface area contributed by atoms with Crippen molar-refractivity contribution in [3.63, 3.8) is 0 Å². The number of hydrogen-bond acceptors (Lipinski definition) is 7. The summed E-state index contributed by atoms with van der Waals surface area (Å²) in [5, 5.41) is 12.8. The van der Waals surface area contributed by atoms with Crippen LogP contribution >= 0.6 is 23.1 Å². The minimum atomic E-state index is -0.341. The first kappa shape index (κ1) is 19.3. The third-order valence-corrected chi connectivity index (χ3v) is 5.60. The average molecular weight is 402 g/mol. The van der Waals surface area contributed by atoms with Gasteiger partial charge in [-0.05, 0) is 30.4 Å². The van der Waals surface area contributed by atoms with E-state index in [4.69, 9.17) is 4.42 Å². The van der Waals surface area contributed by atoms with Gasteiger partial charge in [0.1, 0.15) is 0 Å². The molecule has 3 aromatic rings. The number of nitrogens with zero attached hydrogens (tertiary/aromatic N) is 2. The molecule has 1 amide bonds. The molecule has 0 aliphatic rings. The Hall–Kier alpha value is -2.45. The summed E-state index contributed by atoms with van der Waals surface area (Å²) in [5.41, 5.74) is 1.70. The SMILES string of the molecule is CC(=O)NCCc1ccc(C(=O)C(C)Sc2nnc(-c3cccs3)o2)cc1. The molecule has 1 N–H and O–H groups in total. The zero-order valence-corrected chi connectivity index (χ0v) is 16.6. The summed E-state index contributed by atoms with van der Waals surface area (Å²) in [6.45, 7) is 3.90. The molecule has 0 fully saturated rings. The summed E-state index contributed by atoms with van der Waals surface area (Å²) in [6.07, 6.45) is 0.728. The Morgan fingerprint density at radius 2 is 2.00 bits per heavy atom. The number of thioether (sulfide) groups is 1. The van der Waals surface area contributed by atoms with Gasteiger partial charge in [0.15, 0.2) is 5.78 Å². The maximum Gasteiger partial charge on any atom is 0.277 e. The van der Waals surface area contributed by atoms with E-state index in [1.165, 1.54) is 30.0 Å². The summed E-state index contributed by atoms with van der Waals surface area (Å²) in [6, 6.07) is 11.3.